The summed E-state index contributed by atoms with van der Waals surface area (Å²) in [5.41, 5.74) is 1.62. The second-order valence-corrected chi connectivity index (χ2v) is 8.19. The zero-order valence-electron chi connectivity index (χ0n) is 17.1. The van der Waals surface area contributed by atoms with E-state index < -0.39 is 17.5 Å². The van der Waals surface area contributed by atoms with Crippen LogP contribution in [0.15, 0.2) is 30.5 Å². The van der Waals surface area contributed by atoms with Crippen LogP contribution in [0.1, 0.15) is 48.3 Å². The van der Waals surface area contributed by atoms with Crippen LogP contribution in [0.25, 0.3) is 0 Å². The number of hydrogen-bond donors (Lipinski definition) is 2. The third kappa shape index (κ3) is 3.36. The molecule has 30 heavy (non-hydrogen) atoms. The van der Waals surface area contributed by atoms with E-state index in [1.54, 1.807) is 42.9 Å². The van der Waals surface area contributed by atoms with E-state index in [0.717, 1.165) is 11.3 Å². The van der Waals surface area contributed by atoms with Crippen LogP contribution < -0.4 is 10.6 Å². The minimum atomic E-state index is -0.921. The van der Waals surface area contributed by atoms with Gasteiger partial charge in [-0.25, -0.2) is 0 Å². The van der Waals surface area contributed by atoms with Gasteiger partial charge in [0.25, 0.3) is 11.8 Å². The molecule has 2 N–H and O–H groups in total. The van der Waals surface area contributed by atoms with Gasteiger partial charge in [-0.2, -0.15) is 5.10 Å². The highest BCUT2D eigenvalue weighted by Gasteiger charge is 2.39. The van der Waals surface area contributed by atoms with Crippen LogP contribution in [0.2, 0.25) is 0 Å². The lowest BCUT2D eigenvalue weighted by Gasteiger charge is -2.29. The molecule has 1 unspecified atom stereocenters. The first-order valence-corrected chi connectivity index (χ1v) is 9.78. The Hall–Kier alpha value is -3.49. The van der Waals surface area contributed by atoms with E-state index in [2.05, 4.69) is 15.7 Å². The van der Waals surface area contributed by atoms with Gasteiger partial charge >= 0.3 is 0 Å². The molecule has 2 aromatic rings. The zero-order valence-corrected chi connectivity index (χ0v) is 17.1. The van der Waals surface area contributed by atoms with E-state index in [0.29, 0.717) is 24.2 Å². The van der Waals surface area contributed by atoms with Crippen molar-refractivity contribution in [1.29, 1.82) is 0 Å². The molecule has 2 aliphatic heterocycles. The van der Waals surface area contributed by atoms with Crippen molar-refractivity contribution in [3.63, 3.8) is 0 Å². The van der Waals surface area contributed by atoms with Gasteiger partial charge in [0.15, 0.2) is 0 Å². The summed E-state index contributed by atoms with van der Waals surface area (Å²) in [6.45, 7) is 5.67. The molecule has 1 aromatic carbocycles. The van der Waals surface area contributed by atoms with E-state index in [1.165, 1.54) is 4.90 Å². The lowest BCUT2D eigenvalue weighted by atomic mass is 10.0. The fraction of sp³-hybridized carbons (Fsp3) is 0.381. The Balaban J connectivity index is 1.51. The van der Waals surface area contributed by atoms with Gasteiger partial charge in [-0.3, -0.25) is 29.2 Å². The standard InChI is InChI=1S/C21H23N5O4/c1-12-8-9-26(24-12)21(2,3)20(30)22-14-5-4-13-11-25(19(29)15(13)10-14)16-6-7-17(27)23-18(16)28/h4-5,8-10,16H,6-7,11H2,1-3H3,(H,22,30)(H,23,27,28). The number of carbonyl (C=O) groups excluding carboxylic acids is 4. The first kappa shape index (κ1) is 19.8. The van der Waals surface area contributed by atoms with Crippen molar-refractivity contribution in [2.24, 2.45) is 0 Å². The maximum absolute atomic E-state index is 12.9. The van der Waals surface area contributed by atoms with Crippen LogP contribution in [0, 0.1) is 6.92 Å². The smallest absolute Gasteiger partial charge is 0.255 e. The third-order valence-electron chi connectivity index (χ3n) is 5.64. The minimum absolute atomic E-state index is 0.208. The first-order valence-electron chi connectivity index (χ1n) is 9.78. The molecule has 1 atom stereocenters. The molecule has 1 aromatic heterocycles. The van der Waals surface area contributed by atoms with Gasteiger partial charge in [-0.1, -0.05) is 6.07 Å². The van der Waals surface area contributed by atoms with Gasteiger partial charge in [0.2, 0.25) is 11.8 Å². The molecule has 0 saturated carbocycles. The molecule has 4 rings (SSSR count). The van der Waals surface area contributed by atoms with Crippen LogP contribution in [0.4, 0.5) is 5.69 Å². The Kier molecular flexibility index (Phi) is 4.68. The predicted molar refractivity (Wildman–Crippen MR) is 107 cm³/mol. The van der Waals surface area contributed by atoms with Crippen molar-refractivity contribution in [1.82, 2.24) is 20.0 Å². The maximum Gasteiger partial charge on any atom is 0.255 e. The number of aryl methyl sites for hydroxylation is 1. The van der Waals surface area contributed by atoms with E-state index in [1.807, 2.05) is 13.0 Å². The quantitative estimate of drug-likeness (QED) is 0.740. The Morgan fingerprint density at radius 3 is 2.67 bits per heavy atom. The number of aromatic nitrogens is 2. The molecule has 1 fully saturated rings. The Morgan fingerprint density at radius 1 is 1.23 bits per heavy atom. The molecule has 0 aliphatic carbocycles. The number of anilines is 1. The van der Waals surface area contributed by atoms with Gasteiger partial charge in [-0.05, 0) is 51.0 Å². The van der Waals surface area contributed by atoms with Crippen molar-refractivity contribution in [2.45, 2.75) is 51.7 Å². The molecular weight excluding hydrogens is 386 g/mol. The number of carbonyl (C=O) groups is 4. The first-order chi connectivity index (χ1) is 14.2. The van der Waals surface area contributed by atoms with Gasteiger partial charge in [0.05, 0.1) is 5.69 Å². The number of nitrogens with zero attached hydrogens (tertiary/aromatic N) is 3. The number of imide groups is 1. The predicted octanol–water partition coefficient (Wildman–Crippen LogP) is 1.33. The molecule has 3 heterocycles. The molecular formula is C21H23N5O4. The molecule has 9 heteroatoms. The van der Waals surface area contributed by atoms with E-state index in [9.17, 15) is 19.2 Å². The number of amides is 4. The number of piperidine rings is 1. The Bertz CT molecular complexity index is 1070. The van der Waals surface area contributed by atoms with Gasteiger partial charge in [0, 0.05) is 30.4 Å². The van der Waals surface area contributed by atoms with Crippen molar-refractivity contribution in [2.75, 3.05) is 5.32 Å². The largest absolute Gasteiger partial charge is 0.324 e. The highest BCUT2D eigenvalue weighted by molar-refractivity contribution is 6.06. The van der Waals surface area contributed by atoms with Gasteiger partial charge in [-0.15, -0.1) is 0 Å². The van der Waals surface area contributed by atoms with Crippen LogP contribution in [-0.2, 0) is 26.5 Å². The lowest BCUT2D eigenvalue weighted by molar-refractivity contribution is -0.137. The molecule has 0 bridgehead atoms. The van der Waals surface area contributed by atoms with Crippen molar-refractivity contribution in [3.8, 4) is 0 Å². The summed E-state index contributed by atoms with van der Waals surface area (Å²) >= 11 is 0. The molecule has 0 spiro atoms. The number of nitrogens with one attached hydrogen (secondary N) is 2. The van der Waals surface area contributed by atoms with E-state index >= 15 is 0 Å². The number of hydrogen-bond acceptors (Lipinski definition) is 5. The number of rotatable bonds is 4. The summed E-state index contributed by atoms with van der Waals surface area (Å²) in [5.74, 6) is -1.31. The summed E-state index contributed by atoms with van der Waals surface area (Å²) in [4.78, 5) is 50.8. The SMILES string of the molecule is Cc1ccn(C(C)(C)C(=O)Nc2ccc3c(c2)C(=O)N(C2CCC(=O)NC2=O)C3)n1. The van der Waals surface area contributed by atoms with Crippen molar-refractivity contribution >= 4 is 29.3 Å². The van der Waals surface area contributed by atoms with Crippen LogP contribution in [0.5, 0.6) is 0 Å². The van der Waals surface area contributed by atoms with Crippen LogP contribution >= 0.6 is 0 Å². The topological polar surface area (TPSA) is 113 Å². The van der Waals surface area contributed by atoms with E-state index in [-0.39, 0.29) is 24.1 Å². The van der Waals surface area contributed by atoms with Crippen LogP contribution in [-0.4, -0.2) is 44.4 Å². The Labute approximate surface area is 173 Å². The van der Waals surface area contributed by atoms with E-state index in [4.69, 9.17) is 0 Å². The Morgan fingerprint density at radius 2 is 2.00 bits per heavy atom. The summed E-state index contributed by atoms with van der Waals surface area (Å²) in [7, 11) is 0. The second-order valence-electron chi connectivity index (χ2n) is 8.19. The summed E-state index contributed by atoms with van der Waals surface area (Å²) in [6, 6.07) is 6.31. The zero-order chi connectivity index (χ0) is 21.6. The summed E-state index contributed by atoms with van der Waals surface area (Å²) < 4.78 is 1.60. The van der Waals surface area contributed by atoms with Gasteiger partial charge in [0.1, 0.15) is 11.6 Å². The van der Waals surface area contributed by atoms with Crippen LogP contribution in [0.3, 0.4) is 0 Å². The van der Waals surface area contributed by atoms with Crippen molar-refractivity contribution in [3.05, 3.63) is 47.3 Å². The third-order valence-corrected chi connectivity index (χ3v) is 5.64. The fourth-order valence-electron chi connectivity index (χ4n) is 3.75. The normalized spacial score (nSPS) is 19.0. The average molecular weight is 409 g/mol. The highest BCUT2D eigenvalue weighted by atomic mass is 16.2. The lowest BCUT2D eigenvalue weighted by Crippen LogP contribution is -2.52. The van der Waals surface area contributed by atoms with Crippen molar-refractivity contribution < 1.29 is 19.2 Å². The fourth-order valence-corrected chi connectivity index (χ4v) is 3.75. The minimum Gasteiger partial charge on any atom is -0.324 e. The average Bonchev–Trinajstić information content (AvgIpc) is 3.26. The molecule has 4 amide bonds. The molecule has 9 nitrogen and oxygen atoms in total. The molecule has 1 saturated heterocycles. The molecule has 2 aliphatic rings. The van der Waals surface area contributed by atoms with Gasteiger partial charge < -0.3 is 10.2 Å². The summed E-state index contributed by atoms with van der Waals surface area (Å²) in [6.07, 6.45) is 2.27. The highest BCUT2D eigenvalue weighted by Crippen LogP contribution is 2.30. The summed E-state index contributed by atoms with van der Waals surface area (Å²) in [5, 5.41) is 9.46. The molecule has 0 radical (unpaired) electrons. The number of fused-ring (bicyclic) bond motifs is 1. The molecule has 156 valence electrons. The maximum atomic E-state index is 12.9. The second kappa shape index (κ2) is 7.08. The number of benzene rings is 1. The monoisotopic (exact) mass is 409 g/mol.